The lowest BCUT2D eigenvalue weighted by Gasteiger charge is -2.24. The van der Waals surface area contributed by atoms with Crippen molar-refractivity contribution < 1.29 is 9.59 Å². The number of carbonyl (C=O) groups is 1. The van der Waals surface area contributed by atoms with Crippen molar-refractivity contribution in [3.63, 3.8) is 0 Å². The highest BCUT2D eigenvalue weighted by Crippen LogP contribution is 2.28. The van der Waals surface area contributed by atoms with Crippen molar-refractivity contribution in [3.05, 3.63) is 0 Å². The van der Waals surface area contributed by atoms with Crippen molar-refractivity contribution in [2.45, 2.75) is 47.5 Å². The largest absolute Gasteiger partial charge is 0.299 e. The molecule has 1 atom stereocenters. The molecule has 0 N–H and O–H groups in total. The summed E-state index contributed by atoms with van der Waals surface area (Å²) in [7, 11) is 0. The minimum Gasteiger partial charge on any atom is -0.299 e. The first kappa shape index (κ1) is 12.3. The van der Waals surface area contributed by atoms with Crippen LogP contribution in [0, 0.1) is 10.8 Å². The third-order valence-electron chi connectivity index (χ3n) is 2.41. The van der Waals surface area contributed by atoms with Gasteiger partial charge >= 0.3 is 0 Å². The molecule has 2 nitrogen and oxygen atoms in total. The fraction of sp³-hybridized carbons (Fsp3) is 0.818. The SMILES string of the molecule is CCC(C)([C]=O)CC(=O)C(C)(C)C. The molecule has 0 spiro atoms. The molecule has 0 bridgehead atoms. The Kier molecular flexibility index (Phi) is 3.83. The molecule has 0 saturated heterocycles. The van der Waals surface area contributed by atoms with E-state index in [1.165, 1.54) is 0 Å². The van der Waals surface area contributed by atoms with E-state index in [1.807, 2.05) is 34.0 Å². The molecule has 75 valence electrons. The van der Waals surface area contributed by atoms with Crippen LogP contribution in [0.4, 0.5) is 0 Å². The minimum atomic E-state index is -0.593. The van der Waals surface area contributed by atoms with Crippen LogP contribution in [0.1, 0.15) is 47.5 Å². The first-order valence-corrected chi connectivity index (χ1v) is 4.68. The average molecular weight is 183 g/mol. The fourth-order valence-electron chi connectivity index (χ4n) is 0.853. The number of Topliss-reactive ketones (excluding diaryl/α,β-unsaturated/α-hetero) is 1. The van der Waals surface area contributed by atoms with Crippen LogP contribution >= 0.6 is 0 Å². The lowest BCUT2D eigenvalue weighted by atomic mass is 9.77. The van der Waals surface area contributed by atoms with Crippen LogP contribution < -0.4 is 0 Å². The lowest BCUT2D eigenvalue weighted by molar-refractivity contribution is -0.127. The summed E-state index contributed by atoms with van der Waals surface area (Å²) in [4.78, 5) is 22.3. The highest BCUT2D eigenvalue weighted by atomic mass is 16.1. The highest BCUT2D eigenvalue weighted by Gasteiger charge is 2.31. The van der Waals surface area contributed by atoms with E-state index < -0.39 is 5.41 Å². The van der Waals surface area contributed by atoms with E-state index in [9.17, 15) is 9.59 Å². The van der Waals surface area contributed by atoms with E-state index in [0.29, 0.717) is 12.8 Å². The van der Waals surface area contributed by atoms with Gasteiger partial charge in [0.05, 0.1) is 0 Å². The van der Waals surface area contributed by atoms with Crippen molar-refractivity contribution in [3.8, 4) is 0 Å². The Morgan fingerprint density at radius 1 is 1.23 bits per heavy atom. The van der Waals surface area contributed by atoms with Crippen molar-refractivity contribution in [1.82, 2.24) is 0 Å². The van der Waals surface area contributed by atoms with Crippen LogP contribution in [0.15, 0.2) is 0 Å². The van der Waals surface area contributed by atoms with Crippen LogP contribution in [-0.2, 0) is 9.59 Å². The maximum Gasteiger partial charge on any atom is 0.205 e. The molecule has 0 aromatic carbocycles. The normalized spacial score (nSPS) is 16.4. The van der Waals surface area contributed by atoms with Gasteiger partial charge in [-0.1, -0.05) is 34.6 Å². The second-order valence-corrected chi connectivity index (χ2v) is 4.87. The van der Waals surface area contributed by atoms with E-state index >= 15 is 0 Å². The minimum absolute atomic E-state index is 0.125. The number of hydrogen-bond acceptors (Lipinski definition) is 2. The Morgan fingerprint density at radius 2 is 1.69 bits per heavy atom. The molecule has 0 aromatic heterocycles. The lowest BCUT2D eigenvalue weighted by Crippen LogP contribution is -2.29. The van der Waals surface area contributed by atoms with Crippen LogP contribution in [0.2, 0.25) is 0 Å². The van der Waals surface area contributed by atoms with E-state index in [-0.39, 0.29) is 11.2 Å². The molecule has 0 amide bonds. The van der Waals surface area contributed by atoms with Gasteiger partial charge in [0, 0.05) is 17.3 Å². The molecule has 1 radical (unpaired) electrons. The van der Waals surface area contributed by atoms with E-state index in [1.54, 1.807) is 6.92 Å². The predicted octanol–water partition coefficient (Wildman–Crippen LogP) is 2.52. The molecule has 0 saturated carbocycles. The van der Waals surface area contributed by atoms with Crippen molar-refractivity contribution in [1.29, 1.82) is 0 Å². The zero-order valence-corrected chi connectivity index (χ0v) is 9.23. The summed E-state index contributed by atoms with van der Waals surface area (Å²) in [6.45, 7) is 9.30. The van der Waals surface area contributed by atoms with Gasteiger partial charge in [-0.25, -0.2) is 0 Å². The van der Waals surface area contributed by atoms with Crippen molar-refractivity contribution in [2.24, 2.45) is 10.8 Å². The molecule has 2 heteroatoms. The third kappa shape index (κ3) is 3.71. The van der Waals surface area contributed by atoms with Gasteiger partial charge in [0.25, 0.3) is 0 Å². The molecule has 0 aliphatic carbocycles. The van der Waals surface area contributed by atoms with Gasteiger partial charge in [0.15, 0.2) is 0 Å². The summed E-state index contributed by atoms with van der Waals surface area (Å²) in [6.07, 6.45) is 2.93. The molecular weight excluding hydrogens is 164 g/mol. The summed E-state index contributed by atoms with van der Waals surface area (Å²) in [5.74, 6) is 0.125. The fourth-order valence-corrected chi connectivity index (χ4v) is 0.853. The first-order valence-electron chi connectivity index (χ1n) is 4.68. The van der Waals surface area contributed by atoms with Gasteiger partial charge in [-0.15, -0.1) is 0 Å². The topological polar surface area (TPSA) is 34.1 Å². The van der Waals surface area contributed by atoms with Crippen LogP contribution in [-0.4, -0.2) is 12.1 Å². The Bertz CT molecular complexity index is 201. The Labute approximate surface area is 80.7 Å². The summed E-state index contributed by atoms with van der Waals surface area (Å²) in [5, 5.41) is 0. The molecule has 0 aliphatic heterocycles. The van der Waals surface area contributed by atoms with Gasteiger partial charge < -0.3 is 0 Å². The average Bonchev–Trinajstić information content (AvgIpc) is 2.02. The van der Waals surface area contributed by atoms with Gasteiger partial charge in [-0.3, -0.25) is 9.59 Å². The second-order valence-electron chi connectivity index (χ2n) is 4.87. The molecule has 0 aliphatic rings. The third-order valence-corrected chi connectivity index (χ3v) is 2.41. The molecule has 0 fully saturated rings. The number of hydrogen-bond donors (Lipinski definition) is 0. The van der Waals surface area contributed by atoms with Crippen molar-refractivity contribution >= 4 is 12.1 Å². The van der Waals surface area contributed by atoms with Crippen LogP contribution in [0.25, 0.3) is 0 Å². The molecule has 0 heterocycles. The molecule has 0 aromatic rings. The van der Waals surface area contributed by atoms with Crippen molar-refractivity contribution in [2.75, 3.05) is 0 Å². The quantitative estimate of drug-likeness (QED) is 0.671. The highest BCUT2D eigenvalue weighted by molar-refractivity contribution is 5.86. The summed E-state index contributed by atoms with van der Waals surface area (Å²) >= 11 is 0. The van der Waals surface area contributed by atoms with E-state index in [4.69, 9.17) is 0 Å². The summed E-state index contributed by atoms with van der Waals surface area (Å²) in [5.41, 5.74) is -0.947. The Balaban J connectivity index is 4.44. The molecule has 0 rings (SSSR count). The Hall–Kier alpha value is -0.660. The maximum atomic E-state index is 11.6. The summed E-state index contributed by atoms with van der Waals surface area (Å²) in [6, 6.07) is 0. The van der Waals surface area contributed by atoms with Crippen LogP contribution in [0.3, 0.4) is 0 Å². The second kappa shape index (κ2) is 4.03. The summed E-state index contributed by atoms with van der Waals surface area (Å²) < 4.78 is 0. The molecule has 1 unspecified atom stereocenters. The smallest absolute Gasteiger partial charge is 0.205 e. The number of rotatable bonds is 4. The predicted molar refractivity (Wildman–Crippen MR) is 53.2 cm³/mol. The van der Waals surface area contributed by atoms with Gasteiger partial charge in [0.1, 0.15) is 5.78 Å². The molecule has 13 heavy (non-hydrogen) atoms. The zero-order chi connectivity index (χ0) is 10.7. The standard InChI is InChI=1S/C11H19O2/c1-6-11(5,8-12)7-9(13)10(2,3)4/h6-7H2,1-5H3. The van der Waals surface area contributed by atoms with E-state index in [2.05, 4.69) is 0 Å². The Morgan fingerprint density at radius 3 is 1.92 bits per heavy atom. The van der Waals surface area contributed by atoms with Gasteiger partial charge in [-0.05, 0) is 6.42 Å². The number of ketones is 1. The van der Waals surface area contributed by atoms with Gasteiger partial charge in [0.2, 0.25) is 6.29 Å². The number of carbonyl (C=O) groups excluding carboxylic acids is 2. The first-order chi connectivity index (χ1) is 5.75. The van der Waals surface area contributed by atoms with E-state index in [0.717, 1.165) is 0 Å². The monoisotopic (exact) mass is 183 g/mol. The maximum absolute atomic E-state index is 11.6. The van der Waals surface area contributed by atoms with Gasteiger partial charge in [-0.2, -0.15) is 0 Å². The zero-order valence-electron chi connectivity index (χ0n) is 9.23. The van der Waals surface area contributed by atoms with Crippen LogP contribution in [0.5, 0.6) is 0 Å². The molecular formula is C11H19O2.